The van der Waals surface area contributed by atoms with Crippen LogP contribution in [-0.4, -0.2) is 63.0 Å². The van der Waals surface area contributed by atoms with Crippen molar-refractivity contribution in [1.82, 2.24) is 0 Å². The highest BCUT2D eigenvalue weighted by molar-refractivity contribution is 6.05. The standard InChI is InChI=1S/C25H31N2O2.C23H29N4/c1-24(2)18-13-16(28-7)9-11-20(18)26(5)22(24)15-23-25(3,4)19-14-17(29-8)10-12-21(19)27(23)6;1-22(2)16-11-14(24)7-9-18(16)26(5)20(22)13-21-23(3,4)17-12-15(25)8-10-19(17)27(21)6/h9-15H,1-8H3;7-13H,24-25H2,1-6H3/q2*+1. The lowest BCUT2D eigenvalue weighted by Gasteiger charge is -2.25. The minimum absolute atomic E-state index is 0.114. The highest BCUT2D eigenvalue weighted by atomic mass is 16.5. The molecular weight excluding hydrogens is 693 g/mol. The van der Waals surface area contributed by atoms with E-state index in [-0.39, 0.29) is 21.7 Å². The number of likely N-dealkylation sites (N-methyl/N-ethyl adjacent to an activating group) is 2. The normalized spacial score (nSPS) is 20.5. The zero-order valence-corrected chi connectivity index (χ0v) is 35.8. The van der Waals surface area contributed by atoms with Crippen molar-refractivity contribution in [3.8, 4) is 11.5 Å². The summed E-state index contributed by atoms with van der Waals surface area (Å²) >= 11 is 0. The summed E-state index contributed by atoms with van der Waals surface area (Å²) in [6.07, 6.45) is 4.73. The third-order valence-electron chi connectivity index (χ3n) is 13.1. The van der Waals surface area contributed by atoms with Gasteiger partial charge in [0, 0.05) is 94.5 Å². The minimum Gasteiger partial charge on any atom is -0.497 e. The van der Waals surface area contributed by atoms with Crippen LogP contribution in [0.5, 0.6) is 11.5 Å². The Kier molecular flexibility index (Phi) is 9.02. The average molecular weight is 753 g/mol. The maximum atomic E-state index is 6.08. The van der Waals surface area contributed by atoms with Crippen LogP contribution in [0.4, 0.5) is 34.1 Å². The van der Waals surface area contributed by atoms with E-state index in [1.54, 1.807) is 14.2 Å². The molecule has 0 aromatic heterocycles. The SMILES string of the molecule is CN1C(=CC2=[N+](C)c3ccc(N)cc3C2(C)C)C(C)(C)c2cc(N)ccc21.COc1ccc2c(c1)C(C)(C)C(=CC1=[N+](C)c3ccc(OC)cc3C1(C)C)N2C. The summed E-state index contributed by atoms with van der Waals surface area (Å²) in [6, 6.07) is 25.1. The monoisotopic (exact) mass is 752 g/mol. The molecule has 0 fully saturated rings. The number of nitrogen functional groups attached to an aromatic ring is 2. The fourth-order valence-electron chi connectivity index (χ4n) is 9.68. The van der Waals surface area contributed by atoms with Crippen LogP contribution < -0.4 is 30.7 Å². The molecule has 0 spiro atoms. The number of nitrogens with two attached hydrogens (primary N) is 2. The number of hydrogen-bond donors (Lipinski definition) is 2. The number of benzene rings is 4. The number of nitrogens with zero attached hydrogens (tertiary/aromatic N) is 4. The van der Waals surface area contributed by atoms with Gasteiger partial charge in [-0.25, -0.2) is 0 Å². The molecule has 0 aliphatic carbocycles. The Hall–Kier alpha value is -5.50. The van der Waals surface area contributed by atoms with Gasteiger partial charge >= 0.3 is 0 Å². The highest BCUT2D eigenvalue weighted by Gasteiger charge is 2.48. The Balaban J connectivity index is 0.000000172. The fourth-order valence-corrected chi connectivity index (χ4v) is 9.68. The summed E-state index contributed by atoms with van der Waals surface area (Å²) in [6.45, 7) is 18.3. The van der Waals surface area contributed by atoms with E-state index in [2.05, 4.69) is 163 Å². The van der Waals surface area contributed by atoms with E-state index in [0.717, 1.165) is 22.9 Å². The van der Waals surface area contributed by atoms with E-state index >= 15 is 0 Å². The lowest BCUT2D eigenvalue weighted by molar-refractivity contribution is -0.401. The van der Waals surface area contributed by atoms with Gasteiger partial charge in [-0.05, 0) is 99.5 Å². The summed E-state index contributed by atoms with van der Waals surface area (Å²) in [5, 5.41) is 0. The van der Waals surface area contributed by atoms with Crippen LogP contribution in [0.15, 0.2) is 96.3 Å². The lowest BCUT2D eigenvalue weighted by Crippen LogP contribution is -2.31. The molecule has 4 heterocycles. The van der Waals surface area contributed by atoms with E-state index in [4.69, 9.17) is 20.9 Å². The van der Waals surface area contributed by atoms with Gasteiger partial charge in [-0.15, -0.1) is 0 Å². The van der Waals surface area contributed by atoms with Crippen LogP contribution in [-0.2, 0) is 21.7 Å². The number of anilines is 4. The van der Waals surface area contributed by atoms with Crippen LogP contribution in [0.3, 0.4) is 0 Å². The summed E-state index contributed by atoms with van der Waals surface area (Å²) in [4.78, 5) is 4.61. The fraction of sp³-hybridized carbons (Fsp3) is 0.375. The zero-order chi connectivity index (χ0) is 40.9. The van der Waals surface area contributed by atoms with Gasteiger partial charge in [-0.1, -0.05) is 27.7 Å². The second-order valence-corrected chi connectivity index (χ2v) is 17.9. The molecule has 0 saturated heterocycles. The Bertz CT molecular complexity index is 2430. The smallest absolute Gasteiger partial charge is 0.209 e. The number of methoxy groups -OCH3 is 2. The van der Waals surface area contributed by atoms with Gasteiger partial charge in [0.05, 0.1) is 25.0 Å². The van der Waals surface area contributed by atoms with Crippen molar-refractivity contribution in [3.63, 3.8) is 0 Å². The van der Waals surface area contributed by atoms with E-state index in [1.807, 2.05) is 24.3 Å². The summed E-state index contributed by atoms with van der Waals surface area (Å²) in [5.74, 6) is 1.80. The predicted octanol–water partition coefficient (Wildman–Crippen LogP) is 9.19. The van der Waals surface area contributed by atoms with Crippen LogP contribution in [0.2, 0.25) is 0 Å². The molecule has 292 valence electrons. The first-order valence-electron chi connectivity index (χ1n) is 19.5. The molecule has 0 bridgehead atoms. The number of fused-ring (bicyclic) bond motifs is 4. The zero-order valence-electron chi connectivity index (χ0n) is 35.8. The van der Waals surface area contributed by atoms with Gasteiger partial charge < -0.3 is 30.7 Å². The van der Waals surface area contributed by atoms with Crippen molar-refractivity contribution in [2.24, 2.45) is 0 Å². The molecule has 4 aliphatic rings. The van der Waals surface area contributed by atoms with Gasteiger partial charge in [0.1, 0.15) is 25.6 Å². The second-order valence-electron chi connectivity index (χ2n) is 17.9. The third kappa shape index (κ3) is 5.70. The number of rotatable bonds is 4. The Morgan fingerprint density at radius 1 is 0.500 bits per heavy atom. The molecule has 4 aromatic rings. The molecule has 8 rings (SSSR count). The van der Waals surface area contributed by atoms with E-state index in [1.165, 1.54) is 67.8 Å². The summed E-state index contributed by atoms with van der Waals surface area (Å²) in [7, 11) is 12.0. The highest BCUT2D eigenvalue weighted by Crippen LogP contribution is 2.51. The second kappa shape index (κ2) is 13.0. The number of allylic oxidation sites excluding steroid dienone is 4. The lowest BCUT2D eigenvalue weighted by atomic mass is 9.78. The summed E-state index contributed by atoms with van der Waals surface area (Å²) in [5.41, 5.74) is 28.5. The number of ether oxygens (including phenoxy) is 2. The van der Waals surface area contributed by atoms with Crippen LogP contribution in [0, 0.1) is 0 Å². The summed E-state index contributed by atoms with van der Waals surface area (Å²) < 4.78 is 15.6. The van der Waals surface area contributed by atoms with Gasteiger partial charge in [-0.2, -0.15) is 9.15 Å². The van der Waals surface area contributed by atoms with Crippen LogP contribution >= 0.6 is 0 Å². The maximum Gasteiger partial charge on any atom is 0.209 e. The molecule has 8 nitrogen and oxygen atoms in total. The first-order chi connectivity index (χ1) is 26.2. The Morgan fingerprint density at radius 2 is 0.857 bits per heavy atom. The molecule has 56 heavy (non-hydrogen) atoms. The van der Waals surface area contributed by atoms with E-state index in [0.29, 0.717) is 0 Å². The molecule has 4 N–H and O–H groups in total. The van der Waals surface area contributed by atoms with Crippen LogP contribution in [0.25, 0.3) is 0 Å². The van der Waals surface area contributed by atoms with E-state index < -0.39 is 0 Å². The van der Waals surface area contributed by atoms with Crippen molar-refractivity contribution in [1.29, 1.82) is 0 Å². The molecule has 8 heteroatoms. The van der Waals surface area contributed by atoms with Crippen molar-refractivity contribution in [2.45, 2.75) is 77.0 Å². The Labute approximate surface area is 334 Å². The molecule has 0 unspecified atom stereocenters. The number of hydrogen-bond acceptors (Lipinski definition) is 6. The largest absolute Gasteiger partial charge is 0.497 e. The third-order valence-corrected chi connectivity index (χ3v) is 13.1. The molecular formula is C48H60N6O2+2. The molecule has 0 saturated carbocycles. The first-order valence-corrected chi connectivity index (χ1v) is 19.5. The predicted molar refractivity (Wildman–Crippen MR) is 234 cm³/mol. The quantitative estimate of drug-likeness (QED) is 0.160. The van der Waals surface area contributed by atoms with Crippen molar-refractivity contribution >= 4 is 45.5 Å². The van der Waals surface area contributed by atoms with Crippen molar-refractivity contribution < 1.29 is 18.6 Å². The molecule has 0 atom stereocenters. The molecule has 0 radical (unpaired) electrons. The first kappa shape index (κ1) is 38.8. The molecule has 4 aromatic carbocycles. The van der Waals surface area contributed by atoms with Crippen LogP contribution in [0.1, 0.15) is 77.6 Å². The topological polar surface area (TPSA) is 83.0 Å². The Morgan fingerprint density at radius 3 is 1.34 bits per heavy atom. The van der Waals surface area contributed by atoms with Crippen molar-refractivity contribution in [2.75, 3.05) is 63.7 Å². The van der Waals surface area contributed by atoms with Gasteiger partial charge in [0.15, 0.2) is 11.4 Å². The molecule has 0 amide bonds. The van der Waals surface area contributed by atoms with Crippen molar-refractivity contribution in [3.05, 3.63) is 119 Å². The van der Waals surface area contributed by atoms with Gasteiger partial charge in [0.2, 0.25) is 11.4 Å². The minimum atomic E-state index is -0.116. The van der Waals surface area contributed by atoms with Gasteiger partial charge in [-0.3, -0.25) is 0 Å². The maximum absolute atomic E-state index is 6.08. The average Bonchev–Trinajstić information content (AvgIpc) is 3.63. The van der Waals surface area contributed by atoms with Gasteiger partial charge in [0.25, 0.3) is 0 Å². The van der Waals surface area contributed by atoms with E-state index in [9.17, 15) is 0 Å². The molecule has 4 aliphatic heterocycles.